The smallest absolute Gasteiger partial charge is 0.235 e. The second-order valence-electron chi connectivity index (χ2n) is 8.74. The van der Waals surface area contributed by atoms with Gasteiger partial charge in [-0.05, 0) is 48.7 Å². The summed E-state index contributed by atoms with van der Waals surface area (Å²) in [6.07, 6.45) is 1.99. The maximum absolute atomic E-state index is 14.0. The van der Waals surface area contributed by atoms with Gasteiger partial charge in [0, 0.05) is 55.9 Å². The maximum atomic E-state index is 14.0. The summed E-state index contributed by atoms with van der Waals surface area (Å²) in [6, 6.07) is 14.1. The summed E-state index contributed by atoms with van der Waals surface area (Å²) in [4.78, 5) is 32.3. The molecule has 5 nitrogen and oxygen atoms in total. The van der Waals surface area contributed by atoms with Crippen molar-refractivity contribution in [1.82, 2.24) is 9.80 Å². The predicted molar refractivity (Wildman–Crippen MR) is 118 cm³/mol. The molecule has 7 heteroatoms. The molecule has 0 spiro atoms. The lowest BCUT2D eigenvalue weighted by atomic mass is 9.76. The van der Waals surface area contributed by atoms with Crippen molar-refractivity contribution < 1.29 is 14.0 Å². The van der Waals surface area contributed by atoms with Gasteiger partial charge in [0.2, 0.25) is 11.8 Å². The van der Waals surface area contributed by atoms with Gasteiger partial charge < -0.3 is 14.7 Å². The molecule has 2 amide bonds. The first-order chi connectivity index (χ1) is 15.0. The van der Waals surface area contributed by atoms with Crippen LogP contribution in [0.3, 0.4) is 0 Å². The molecule has 162 valence electrons. The van der Waals surface area contributed by atoms with E-state index in [0.29, 0.717) is 50.6 Å². The Morgan fingerprint density at radius 3 is 2.42 bits per heavy atom. The van der Waals surface area contributed by atoms with E-state index in [0.717, 1.165) is 17.7 Å². The van der Waals surface area contributed by atoms with E-state index in [1.807, 2.05) is 34.1 Å². The second-order valence-corrected chi connectivity index (χ2v) is 9.14. The molecule has 31 heavy (non-hydrogen) atoms. The Labute approximate surface area is 186 Å². The van der Waals surface area contributed by atoms with Crippen LogP contribution < -0.4 is 4.90 Å². The van der Waals surface area contributed by atoms with Crippen LogP contribution in [0.2, 0.25) is 5.02 Å². The Morgan fingerprint density at radius 1 is 1.03 bits per heavy atom. The fourth-order valence-corrected chi connectivity index (χ4v) is 5.73. The van der Waals surface area contributed by atoms with Crippen LogP contribution in [0.15, 0.2) is 48.5 Å². The fourth-order valence-electron chi connectivity index (χ4n) is 5.42. The van der Waals surface area contributed by atoms with Crippen LogP contribution >= 0.6 is 11.6 Å². The first-order valence-corrected chi connectivity index (χ1v) is 11.2. The van der Waals surface area contributed by atoms with Gasteiger partial charge in [0.25, 0.3) is 0 Å². The SMILES string of the molecule is O=C1CC[C@H]2C[C@@](C(=O)N3CCN(c4ccc(F)cc4)CC3)(c3ccccc3Cl)CN12. The lowest BCUT2D eigenvalue weighted by Crippen LogP contribution is -2.55. The number of carbonyl (C=O) groups excluding carboxylic acids is 2. The number of hydrogen-bond donors (Lipinski definition) is 0. The highest BCUT2D eigenvalue weighted by atomic mass is 35.5. The summed E-state index contributed by atoms with van der Waals surface area (Å²) in [7, 11) is 0. The zero-order valence-electron chi connectivity index (χ0n) is 17.3. The number of anilines is 1. The Kier molecular flexibility index (Phi) is 5.13. The van der Waals surface area contributed by atoms with Gasteiger partial charge in [0.05, 0.1) is 5.41 Å². The van der Waals surface area contributed by atoms with Crippen LogP contribution in [0.4, 0.5) is 10.1 Å². The van der Waals surface area contributed by atoms with Gasteiger partial charge in [-0.3, -0.25) is 9.59 Å². The predicted octanol–water partition coefficient (Wildman–Crippen LogP) is 3.46. The highest BCUT2D eigenvalue weighted by Crippen LogP contribution is 2.46. The molecule has 2 aromatic rings. The largest absolute Gasteiger partial charge is 0.368 e. The number of halogens is 2. The number of amides is 2. The summed E-state index contributed by atoms with van der Waals surface area (Å²) in [5.74, 6) is -0.0648. The first kappa shape index (κ1) is 20.3. The lowest BCUT2D eigenvalue weighted by molar-refractivity contribution is -0.138. The molecule has 3 saturated heterocycles. The zero-order valence-corrected chi connectivity index (χ0v) is 18.0. The maximum Gasteiger partial charge on any atom is 0.235 e. The monoisotopic (exact) mass is 441 g/mol. The summed E-state index contributed by atoms with van der Waals surface area (Å²) in [6.45, 7) is 2.93. The number of nitrogens with zero attached hydrogens (tertiary/aromatic N) is 3. The van der Waals surface area contributed by atoms with Crippen LogP contribution in [0, 0.1) is 5.82 Å². The van der Waals surface area contributed by atoms with Crippen molar-refractivity contribution in [3.05, 3.63) is 64.9 Å². The quantitative estimate of drug-likeness (QED) is 0.732. The molecule has 0 bridgehead atoms. The molecule has 0 radical (unpaired) electrons. The van der Waals surface area contributed by atoms with Crippen molar-refractivity contribution in [3.8, 4) is 0 Å². The number of hydrogen-bond acceptors (Lipinski definition) is 3. The van der Waals surface area contributed by atoms with E-state index in [4.69, 9.17) is 11.6 Å². The minimum Gasteiger partial charge on any atom is -0.368 e. The molecule has 2 aromatic carbocycles. The van der Waals surface area contributed by atoms with E-state index >= 15 is 0 Å². The second kappa shape index (κ2) is 7.83. The van der Waals surface area contributed by atoms with E-state index < -0.39 is 5.41 Å². The third kappa shape index (κ3) is 3.47. The molecule has 0 saturated carbocycles. The average molecular weight is 442 g/mol. The molecule has 3 fully saturated rings. The summed E-state index contributed by atoms with van der Waals surface area (Å²) >= 11 is 6.57. The van der Waals surface area contributed by atoms with Crippen LogP contribution in [0.25, 0.3) is 0 Å². The first-order valence-electron chi connectivity index (χ1n) is 10.8. The standard InChI is InChI=1S/C24H25ClFN3O2/c25-21-4-2-1-3-20(21)24(15-19-9-10-22(30)29(19)16-24)23(31)28-13-11-27(12-14-28)18-7-5-17(26)6-8-18/h1-8,19H,9-16H2/t19-,24-/m0/s1. The summed E-state index contributed by atoms with van der Waals surface area (Å²) in [5.41, 5.74) is 0.989. The average Bonchev–Trinajstić information content (AvgIpc) is 3.34. The van der Waals surface area contributed by atoms with Crippen molar-refractivity contribution in [2.45, 2.75) is 30.7 Å². The molecular formula is C24H25ClFN3O2. The Hall–Kier alpha value is -2.60. The molecule has 3 aliphatic rings. The van der Waals surface area contributed by atoms with Crippen molar-refractivity contribution in [2.75, 3.05) is 37.6 Å². The van der Waals surface area contributed by atoms with Gasteiger partial charge in [0.1, 0.15) is 5.82 Å². The summed E-state index contributed by atoms with van der Waals surface area (Å²) < 4.78 is 13.2. The number of rotatable bonds is 3. The molecule has 0 N–H and O–H groups in total. The van der Waals surface area contributed by atoms with Crippen LogP contribution in [-0.4, -0.2) is 60.4 Å². The van der Waals surface area contributed by atoms with E-state index in [2.05, 4.69) is 4.90 Å². The van der Waals surface area contributed by atoms with Crippen LogP contribution in [-0.2, 0) is 15.0 Å². The third-order valence-electron chi connectivity index (χ3n) is 7.03. The van der Waals surface area contributed by atoms with E-state index in [9.17, 15) is 14.0 Å². The minimum atomic E-state index is -0.795. The normalized spacial score (nSPS) is 25.8. The molecule has 5 rings (SSSR count). The zero-order chi connectivity index (χ0) is 21.6. The number of carbonyl (C=O) groups is 2. The Balaban J connectivity index is 1.39. The Bertz CT molecular complexity index is 1010. The van der Waals surface area contributed by atoms with Gasteiger partial charge in [-0.25, -0.2) is 4.39 Å². The molecule has 0 unspecified atom stereocenters. The van der Waals surface area contributed by atoms with Crippen molar-refractivity contribution in [3.63, 3.8) is 0 Å². The van der Waals surface area contributed by atoms with Crippen molar-refractivity contribution >= 4 is 29.1 Å². The number of piperazine rings is 1. The van der Waals surface area contributed by atoms with Gasteiger partial charge in [-0.2, -0.15) is 0 Å². The molecule has 3 heterocycles. The van der Waals surface area contributed by atoms with Gasteiger partial charge >= 0.3 is 0 Å². The van der Waals surface area contributed by atoms with E-state index in [-0.39, 0.29) is 23.7 Å². The minimum absolute atomic E-state index is 0.0570. The lowest BCUT2D eigenvalue weighted by Gasteiger charge is -2.41. The molecule has 3 aliphatic heterocycles. The highest BCUT2D eigenvalue weighted by molar-refractivity contribution is 6.31. The van der Waals surface area contributed by atoms with Crippen LogP contribution in [0.1, 0.15) is 24.8 Å². The van der Waals surface area contributed by atoms with Gasteiger partial charge in [-0.15, -0.1) is 0 Å². The Morgan fingerprint density at radius 2 is 1.74 bits per heavy atom. The number of benzene rings is 2. The topological polar surface area (TPSA) is 43.9 Å². The fraction of sp³-hybridized carbons (Fsp3) is 0.417. The van der Waals surface area contributed by atoms with Crippen molar-refractivity contribution in [2.24, 2.45) is 0 Å². The van der Waals surface area contributed by atoms with Crippen molar-refractivity contribution in [1.29, 1.82) is 0 Å². The van der Waals surface area contributed by atoms with Gasteiger partial charge in [0.15, 0.2) is 0 Å². The van der Waals surface area contributed by atoms with Gasteiger partial charge in [-0.1, -0.05) is 29.8 Å². The van der Waals surface area contributed by atoms with Crippen LogP contribution in [0.5, 0.6) is 0 Å². The molecule has 2 atom stereocenters. The molecular weight excluding hydrogens is 417 g/mol. The van der Waals surface area contributed by atoms with E-state index in [1.54, 1.807) is 12.1 Å². The molecule has 0 aliphatic carbocycles. The summed E-state index contributed by atoms with van der Waals surface area (Å²) in [5, 5.41) is 0.578. The molecule has 0 aromatic heterocycles. The van der Waals surface area contributed by atoms with E-state index in [1.165, 1.54) is 12.1 Å². The highest BCUT2D eigenvalue weighted by Gasteiger charge is 2.55. The number of fused-ring (bicyclic) bond motifs is 1. The third-order valence-corrected chi connectivity index (χ3v) is 7.36.